The predicted molar refractivity (Wildman–Crippen MR) is 121 cm³/mol. The Balaban J connectivity index is 1.61. The second-order valence-corrected chi connectivity index (χ2v) is 8.71. The molecule has 0 radical (unpaired) electrons. The lowest BCUT2D eigenvalue weighted by Gasteiger charge is -2.22. The van der Waals surface area contributed by atoms with Gasteiger partial charge in [0, 0.05) is 11.1 Å². The van der Waals surface area contributed by atoms with Crippen molar-refractivity contribution in [1.82, 2.24) is 9.97 Å². The maximum atomic E-state index is 14.2. The summed E-state index contributed by atoms with van der Waals surface area (Å²) in [5, 5.41) is 2.62. The number of amides is 1. The van der Waals surface area contributed by atoms with Gasteiger partial charge >= 0.3 is 0 Å². The Morgan fingerprint density at radius 3 is 2.35 bits per heavy atom. The number of hydrogen-bond donors (Lipinski definition) is 1. The lowest BCUT2D eigenvalue weighted by molar-refractivity contribution is -0.115. The highest BCUT2D eigenvalue weighted by Crippen LogP contribution is 2.30. The first-order chi connectivity index (χ1) is 16.3. The van der Waals surface area contributed by atoms with Gasteiger partial charge in [-0.05, 0) is 24.8 Å². The molecule has 1 aromatic heterocycles. The minimum absolute atomic E-state index is 0.233. The van der Waals surface area contributed by atoms with E-state index in [1.54, 1.807) is 6.20 Å². The van der Waals surface area contributed by atoms with Crippen LogP contribution in [0.1, 0.15) is 48.9 Å². The zero-order valence-electron chi connectivity index (χ0n) is 18.8. The highest BCUT2D eigenvalue weighted by molar-refractivity contribution is 5.92. The first-order valence-electron chi connectivity index (χ1n) is 11.4. The van der Waals surface area contributed by atoms with Crippen LogP contribution in [-0.2, 0) is 17.6 Å². The number of hydrogen-bond acceptors (Lipinski definition) is 3. The zero-order valence-corrected chi connectivity index (χ0v) is 18.8. The molecule has 2 aromatic carbocycles. The van der Waals surface area contributed by atoms with Crippen molar-refractivity contribution in [3.05, 3.63) is 76.6 Å². The first-order valence-corrected chi connectivity index (χ1v) is 11.4. The Kier molecular flexibility index (Phi) is 7.24. The van der Waals surface area contributed by atoms with Crippen LogP contribution in [0.3, 0.4) is 0 Å². The summed E-state index contributed by atoms with van der Waals surface area (Å²) in [5.41, 5.74) is 1.17. The summed E-state index contributed by atoms with van der Waals surface area (Å²) < 4.78 is 55.3. The topological polar surface area (TPSA) is 54.9 Å². The largest absolute Gasteiger partial charge is 0.309 e. The second kappa shape index (κ2) is 10.3. The minimum atomic E-state index is -1.93. The number of benzene rings is 2. The van der Waals surface area contributed by atoms with Crippen LogP contribution in [0.2, 0.25) is 0 Å². The van der Waals surface area contributed by atoms with Crippen LogP contribution in [0.15, 0.2) is 36.5 Å². The predicted octanol–water partition coefficient (Wildman–Crippen LogP) is 6.31. The molecule has 1 aliphatic carbocycles. The molecule has 0 bridgehead atoms. The number of rotatable bonds is 6. The Morgan fingerprint density at radius 1 is 0.971 bits per heavy atom. The molecule has 1 fully saturated rings. The van der Waals surface area contributed by atoms with Crippen molar-refractivity contribution in [2.24, 2.45) is 5.92 Å². The van der Waals surface area contributed by atoms with Crippen molar-refractivity contribution in [1.29, 1.82) is 0 Å². The van der Waals surface area contributed by atoms with Crippen LogP contribution in [-0.4, -0.2) is 15.9 Å². The molecular formula is C26H25F4N3O. The van der Waals surface area contributed by atoms with Crippen LogP contribution in [0, 0.1) is 36.1 Å². The zero-order chi connectivity index (χ0) is 24.2. The number of nitrogens with zero attached hydrogens (tertiary/aromatic N) is 2. The Hall–Kier alpha value is -3.29. The molecule has 0 spiro atoms. The molecule has 1 heterocycles. The number of carbonyl (C=O) groups is 1. The van der Waals surface area contributed by atoms with E-state index in [1.165, 1.54) is 6.42 Å². The molecule has 8 heteroatoms. The Morgan fingerprint density at radius 2 is 1.65 bits per heavy atom. The number of carbonyl (C=O) groups excluding carboxylic acids is 1. The molecule has 1 aliphatic rings. The van der Waals surface area contributed by atoms with Crippen LogP contribution < -0.4 is 5.32 Å². The lowest BCUT2D eigenvalue weighted by Crippen LogP contribution is -2.21. The van der Waals surface area contributed by atoms with Gasteiger partial charge in [-0.2, -0.15) is 0 Å². The van der Waals surface area contributed by atoms with Gasteiger partial charge in [-0.15, -0.1) is 0 Å². The van der Waals surface area contributed by atoms with Crippen LogP contribution in [0.4, 0.5) is 23.4 Å². The van der Waals surface area contributed by atoms with Gasteiger partial charge < -0.3 is 5.32 Å². The van der Waals surface area contributed by atoms with Gasteiger partial charge in [0.25, 0.3) is 0 Å². The maximum absolute atomic E-state index is 14.2. The van der Waals surface area contributed by atoms with Crippen molar-refractivity contribution in [3.8, 4) is 11.3 Å². The molecule has 4 rings (SSSR count). The summed E-state index contributed by atoms with van der Waals surface area (Å²) in [6.07, 6.45) is 7.08. The normalized spacial score (nSPS) is 14.3. The molecular weight excluding hydrogens is 446 g/mol. The van der Waals surface area contributed by atoms with Crippen molar-refractivity contribution in [2.75, 3.05) is 5.32 Å². The molecule has 1 saturated carbocycles. The molecule has 0 unspecified atom stereocenters. The van der Waals surface area contributed by atoms with Crippen molar-refractivity contribution in [3.63, 3.8) is 0 Å². The van der Waals surface area contributed by atoms with Crippen molar-refractivity contribution in [2.45, 2.75) is 51.9 Å². The van der Waals surface area contributed by atoms with E-state index < -0.39 is 46.7 Å². The molecule has 0 aliphatic heterocycles. The van der Waals surface area contributed by atoms with E-state index in [4.69, 9.17) is 4.98 Å². The average Bonchev–Trinajstić information content (AvgIpc) is 2.86. The fraction of sp³-hybridized carbons (Fsp3) is 0.346. The number of nitrogens with one attached hydrogen (secondary N) is 1. The average molecular weight is 471 g/mol. The molecule has 178 valence electrons. The van der Waals surface area contributed by atoms with E-state index in [9.17, 15) is 22.4 Å². The molecule has 4 nitrogen and oxygen atoms in total. The van der Waals surface area contributed by atoms with Crippen molar-refractivity contribution < 1.29 is 22.4 Å². The summed E-state index contributed by atoms with van der Waals surface area (Å²) in [5.74, 6) is -6.99. The fourth-order valence-corrected chi connectivity index (χ4v) is 4.42. The smallest absolute Gasteiger partial charge is 0.230 e. The third-order valence-electron chi connectivity index (χ3n) is 6.34. The van der Waals surface area contributed by atoms with E-state index in [2.05, 4.69) is 10.3 Å². The second-order valence-electron chi connectivity index (χ2n) is 8.71. The molecule has 0 atom stereocenters. The molecule has 0 saturated heterocycles. The van der Waals surface area contributed by atoms with Gasteiger partial charge in [0.05, 0.1) is 24.0 Å². The summed E-state index contributed by atoms with van der Waals surface area (Å²) in [6.45, 7) is 1.10. The monoisotopic (exact) mass is 471 g/mol. The Bertz CT molecular complexity index is 1170. The van der Waals surface area contributed by atoms with E-state index in [1.807, 2.05) is 30.3 Å². The van der Waals surface area contributed by atoms with Crippen LogP contribution >= 0.6 is 0 Å². The van der Waals surface area contributed by atoms with Gasteiger partial charge in [0.2, 0.25) is 5.91 Å². The summed E-state index contributed by atoms with van der Waals surface area (Å²) >= 11 is 0. The molecule has 1 amide bonds. The van der Waals surface area contributed by atoms with E-state index in [0.717, 1.165) is 38.2 Å². The summed E-state index contributed by atoms with van der Waals surface area (Å²) in [4.78, 5) is 21.9. The third kappa shape index (κ3) is 5.11. The minimum Gasteiger partial charge on any atom is -0.309 e. The molecule has 1 N–H and O–H groups in total. The van der Waals surface area contributed by atoms with Gasteiger partial charge in [0.15, 0.2) is 29.1 Å². The number of anilines is 1. The van der Waals surface area contributed by atoms with Crippen molar-refractivity contribution >= 4 is 11.7 Å². The van der Waals surface area contributed by atoms with Gasteiger partial charge in [-0.3, -0.25) is 4.79 Å². The van der Waals surface area contributed by atoms with E-state index >= 15 is 0 Å². The van der Waals surface area contributed by atoms with Gasteiger partial charge in [-0.1, -0.05) is 62.4 Å². The fourth-order valence-electron chi connectivity index (χ4n) is 4.42. The van der Waals surface area contributed by atoms with E-state index in [0.29, 0.717) is 23.7 Å². The standard InChI is InChI=1S/C26H25F4N3O/c1-15-18(23(28)25(30)24(29)22(15)27)13-21(34)33-26-19(12-16-8-4-2-5-9-16)32-20(14-31-26)17-10-6-3-7-11-17/h3,6-7,10-11,14,16H,2,4-5,8-9,12-13H2,1H3,(H,31,33,34). The highest BCUT2D eigenvalue weighted by atomic mass is 19.2. The molecule has 3 aromatic rings. The van der Waals surface area contributed by atoms with Gasteiger partial charge in [0.1, 0.15) is 0 Å². The highest BCUT2D eigenvalue weighted by Gasteiger charge is 2.25. The SMILES string of the molecule is Cc1c(F)c(F)c(F)c(F)c1CC(=O)Nc1ncc(-c2ccccc2)nc1CC1CCCCC1. The quantitative estimate of drug-likeness (QED) is 0.260. The number of halogens is 4. The van der Waals surface area contributed by atoms with Crippen LogP contribution in [0.25, 0.3) is 11.3 Å². The molecule has 34 heavy (non-hydrogen) atoms. The first kappa shape index (κ1) is 23.9. The Labute approximate surface area is 195 Å². The summed E-state index contributed by atoms with van der Waals surface area (Å²) in [7, 11) is 0. The third-order valence-corrected chi connectivity index (χ3v) is 6.34. The van der Waals surface area contributed by atoms with Crippen LogP contribution in [0.5, 0.6) is 0 Å². The summed E-state index contributed by atoms with van der Waals surface area (Å²) in [6, 6.07) is 9.51. The van der Waals surface area contributed by atoms with Gasteiger partial charge in [-0.25, -0.2) is 27.5 Å². The number of aromatic nitrogens is 2. The van der Waals surface area contributed by atoms with E-state index in [-0.39, 0.29) is 5.82 Å². The lowest BCUT2D eigenvalue weighted by atomic mass is 9.86. The maximum Gasteiger partial charge on any atom is 0.230 e.